The van der Waals surface area contributed by atoms with Gasteiger partial charge in [0.2, 0.25) is 0 Å². The summed E-state index contributed by atoms with van der Waals surface area (Å²) in [6.07, 6.45) is 1.19. The summed E-state index contributed by atoms with van der Waals surface area (Å²) >= 11 is 0. The van der Waals surface area contributed by atoms with E-state index in [0.717, 1.165) is 0 Å². The normalized spacial score (nSPS) is 23.8. The van der Waals surface area contributed by atoms with E-state index in [1.807, 2.05) is 0 Å². The third-order valence-electron chi connectivity index (χ3n) is 2.07. The first-order valence-electron chi connectivity index (χ1n) is 3.07. The maximum absolute atomic E-state index is 12.3. The van der Waals surface area contributed by atoms with E-state index < -0.39 is 21.6 Å². The summed E-state index contributed by atoms with van der Waals surface area (Å²) in [6.45, 7) is -0.591. The van der Waals surface area contributed by atoms with Gasteiger partial charge >= 0.3 is 10.2 Å². The molecule has 1 N–H and O–H groups in total. The van der Waals surface area contributed by atoms with Gasteiger partial charge in [0.25, 0.3) is 0 Å². The van der Waals surface area contributed by atoms with Gasteiger partial charge < -0.3 is 5.11 Å². The lowest BCUT2D eigenvalue weighted by molar-refractivity contribution is 0.177. The van der Waals surface area contributed by atoms with Crippen LogP contribution in [-0.2, 0) is 10.2 Å². The van der Waals surface area contributed by atoms with Crippen molar-refractivity contribution >= 4 is 10.2 Å². The Labute approximate surface area is 59.1 Å². The predicted octanol–water partition coefficient (Wildman–Crippen LogP) is 0.201. The summed E-state index contributed by atoms with van der Waals surface area (Å²) in [5.74, 6) is 0. The fourth-order valence-corrected chi connectivity index (χ4v) is 1.98. The molecule has 3 nitrogen and oxygen atoms in total. The van der Waals surface area contributed by atoms with Crippen molar-refractivity contribution in [1.29, 1.82) is 0 Å². The Morgan fingerprint density at radius 3 is 2.00 bits per heavy atom. The van der Waals surface area contributed by atoms with Gasteiger partial charge in [-0.05, 0) is 19.3 Å². The number of hydrogen-bond donors (Lipinski definition) is 1. The van der Waals surface area contributed by atoms with E-state index in [-0.39, 0.29) is 12.8 Å². The fraction of sp³-hybridized carbons (Fsp3) is 1.00. The van der Waals surface area contributed by atoms with Crippen LogP contribution in [-0.4, -0.2) is 24.9 Å². The average molecular weight is 168 g/mol. The molecule has 0 amide bonds. The lowest BCUT2D eigenvalue weighted by atomic mass is 9.85. The van der Waals surface area contributed by atoms with Crippen LogP contribution in [0.5, 0.6) is 0 Å². The minimum atomic E-state index is -4.53. The van der Waals surface area contributed by atoms with Crippen molar-refractivity contribution < 1.29 is 17.4 Å². The van der Waals surface area contributed by atoms with Crippen molar-refractivity contribution in [2.24, 2.45) is 0 Å². The van der Waals surface area contributed by atoms with Gasteiger partial charge in [0.1, 0.15) is 4.75 Å². The van der Waals surface area contributed by atoms with Crippen molar-refractivity contribution in [3.8, 4) is 0 Å². The van der Waals surface area contributed by atoms with Gasteiger partial charge in [0.15, 0.2) is 0 Å². The Kier molecular flexibility index (Phi) is 1.72. The highest BCUT2D eigenvalue weighted by atomic mass is 32.3. The van der Waals surface area contributed by atoms with E-state index in [9.17, 15) is 12.3 Å². The summed E-state index contributed by atoms with van der Waals surface area (Å²) in [7, 11) is -4.53. The van der Waals surface area contributed by atoms with E-state index in [4.69, 9.17) is 5.11 Å². The topological polar surface area (TPSA) is 54.4 Å². The van der Waals surface area contributed by atoms with Crippen molar-refractivity contribution in [1.82, 2.24) is 0 Å². The summed E-state index contributed by atoms with van der Waals surface area (Å²) in [4.78, 5) is 0. The molecule has 1 rings (SSSR count). The Hall–Kier alpha value is -0.160. The minimum Gasteiger partial charge on any atom is -0.395 e. The largest absolute Gasteiger partial charge is 0.395 e. The van der Waals surface area contributed by atoms with Crippen molar-refractivity contribution in [3.05, 3.63) is 0 Å². The maximum atomic E-state index is 12.3. The molecule has 0 aromatic rings. The van der Waals surface area contributed by atoms with Crippen molar-refractivity contribution in [2.75, 3.05) is 6.61 Å². The Morgan fingerprint density at radius 2 is 2.00 bits per heavy atom. The van der Waals surface area contributed by atoms with E-state index in [0.29, 0.717) is 6.42 Å². The smallest absolute Gasteiger partial charge is 0.310 e. The van der Waals surface area contributed by atoms with Crippen LogP contribution in [0.2, 0.25) is 0 Å². The van der Waals surface area contributed by atoms with Crippen molar-refractivity contribution in [2.45, 2.75) is 24.0 Å². The zero-order valence-corrected chi connectivity index (χ0v) is 6.19. The second-order valence-electron chi connectivity index (χ2n) is 2.63. The molecule has 60 valence electrons. The van der Waals surface area contributed by atoms with Crippen LogP contribution in [0.3, 0.4) is 0 Å². The number of rotatable bonds is 2. The summed E-state index contributed by atoms with van der Waals surface area (Å²) in [6, 6.07) is 0. The van der Waals surface area contributed by atoms with Gasteiger partial charge in [-0.1, -0.05) is 0 Å². The van der Waals surface area contributed by atoms with Crippen LogP contribution < -0.4 is 0 Å². The van der Waals surface area contributed by atoms with E-state index in [1.54, 1.807) is 0 Å². The van der Waals surface area contributed by atoms with Gasteiger partial charge in [-0.15, -0.1) is 3.89 Å². The maximum Gasteiger partial charge on any atom is 0.310 e. The molecule has 0 aliphatic heterocycles. The molecule has 0 saturated heterocycles. The molecular weight excluding hydrogens is 159 g/mol. The Bertz CT molecular complexity index is 212. The van der Waals surface area contributed by atoms with Crippen LogP contribution in [0.25, 0.3) is 0 Å². The second-order valence-corrected chi connectivity index (χ2v) is 4.37. The lowest BCUT2D eigenvalue weighted by Crippen LogP contribution is -2.46. The third-order valence-corrected chi connectivity index (χ3v) is 3.64. The first-order chi connectivity index (χ1) is 4.52. The molecule has 1 aliphatic rings. The van der Waals surface area contributed by atoms with E-state index >= 15 is 0 Å². The SMILES string of the molecule is O=S(=O)(F)C1(CO)CCC1. The highest BCUT2D eigenvalue weighted by molar-refractivity contribution is 7.87. The molecule has 0 aromatic heterocycles. The van der Waals surface area contributed by atoms with Gasteiger partial charge in [-0.3, -0.25) is 0 Å². The number of hydrogen-bond acceptors (Lipinski definition) is 3. The molecule has 0 bridgehead atoms. The molecule has 1 saturated carbocycles. The highest BCUT2D eigenvalue weighted by Crippen LogP contribution is 2.39. The molecule has 0 atom stereocenters. The van der Waals surface area contributed by atoms with Crippen LogP contribution in [0.4, 0.5) is 3.89 Å². The average Bonchev–Trinajstić information content (AvgIpc) is 1.58. The van der Waals surface area contributed by atoms with Gasteiger partial charge in [0.05, 0.1) is 6.61 Å². The van der Waals surface area contributed by atoms with Crippen molar-refractivity contribution in [3.63, 3.8) is 0 Å². The van der Waals surface area contributed by atoms with Crippen LogP contribution in [0.1, 0.15) is 19.3 Å². The minimum absolute atomic E-state index is 0.252. The molecule has 0 radical (unpaired) electrons. The molecule has 0 unspecified atom stereocenters. The first kappa shape index (κ1) is 7.94. The van der Waals surface area contributed by atoms with E-state index in [1.165, 1.54) is 0 Å². The Morgan fingerprint density at radius 1 is 1.50 bits per heavy atom. The lowest BCUT2D eigenvalue weighted by Gasteiger charge is -2.35. The summed E-state index contributed by atoms with van der Waals surface area (Å²) in [5, 5.41) is 8.55. The number of aliphatic hydroxyl groups is 1. The molecule has 0 spiro atoms. The van der Waals surface area contributed by atoms with Crippen LogP contribution >= 0.6 is 0 Å². The molecule has 0 aromatic carbocycles. The molecule has 5 heteroatoms. The van der Waals surface area contributed by atoms with Gasteiger partial charge in [-0.25, -0.2) is 0 Å². The monoisotopic (exact) mass is 168 g/mol. The molecule has 1 aliphatic carbocycles. The Balaban J connectivity index is 2.85. The van der Waals surface area contributed by atoms with Crippen LogP contribution in [0.15, 0.2) is 0 Å². The molecule has 10 heavy (non-hydrogen) atoms. The van der Waals surface area contributed by atoms with E-state index in [2.05, 4.69) is 0 Å². The quantitative estimate of drug-likeness (QED) is 0.599. The van der Waals surface area contributed by atoms with Crippen LogP contribution in [0, 0.1) is 0 Å². The van der Waals surface area contributed by atoms with Gasteiger partial charge in [-0.2, -0.15) is 8.42 Å². The van der Waals surface area contributed by atoms with Gasteiger partial charge in [0, 0.05) is 0 Å². The zero-order valence-electron chi connectivity index (χ0n) is 5.38. The zero-order chi connectivity index (χ0) is 7.83. The predicted molar refractivity (Wildman–Crippen MR) is 33.7 cm³/mol. The third kappa shape index (κ3) is 0.932. The fourth-order valence-electron chi connectivity index (χ4n) is 1.05. The first-order valence-corrected chi connectivity index (χ1v) is 4.45. The number of halogens is 1. The number of aliphatic hydroxyl groups excluding tert-OH is 1. The summed E-state index contributed by atoms with van der Waals surface area (Å²) < 4.78 is 31.5. The standard InChI is InChI=1S/C5H9FO3S/c6-10(8,9)5(4-7)2-1-3-5/h7H,1-4H2. The molecule has 1 fully saturated rings. The summed E-state index contributed by atoms with van der Waals surface area (Å²) in [5.41, 5.74) is 0. The molecular formula is C5H9FO3S. The molecule has 0 heterocycles. The highest BCUT2D eigenvalue weighted by Gasteiger charge is 2.49. The second kappa shape index (κ2) is 2.17.